The van der Waals surface area contributed by atoms with Crippen molar-refractivity contribution in [3.05, 3.63) is 327 Å². The van der Waals surface area contributed by atoms with E-state index in [-0.39, 0.29) is 13.4 Å². The van der Waals surface area contributed by atoms with Crippen molar-refractivity contribution in [1.82, 2.24) is 0 Å². The van der Waals surface area contributed by atoms with Crippen molar-refractivity contribution in [3.63, 3.8) is 0 Å². The normalized spacial score (nSPS) is 12.9. The monoisotopic (exact) mass is 1190 g/mol. The summed E-state index contributed by atoms with van der Waals surface area (Å²) in [5.41, 5.74) is 37.3. The lowest BCUT2D eigenvalue weighted by molar-refractivity contribution is 1.28. The number of para-hydroxylation sites is 4. The third-order valence-electron chi connectivity index (χ3n) is 21.0. The van der Waals surface area contributed by atoms with Crippen LogP contribution in [0.5, 0.6) is 0 Å². The third-order valence-corrected chi connectivity index (χ3v) is 21.0. The maximum Gasteiger partial charge on any atom is 0.248 e. The summed E-state index contributed by atoms with van der Waals surface area (Å²) < 4.78 is 0. The van der Waals surface area contributed by atoms with Gasteiger partial charge in [-0.1, -0.05) is 266 Å². The van der Waals surface area contributed by atoms with Gasteiger partial charge in [0, 0.05) is 34.1 Å². The predicted octanol–water partition coefficient (Wildman–Crippen LogP) is 19.8. The van der Waals surface area contributed by atoms with Crippen molar-refractivity contribution in [1.29, 1.82) is 0 Å². The summed E-state index contributed by atoms with van der Waals surface area (Å²) in [6.07, 6.45) is 0. The van der Waals surface area contributed by atoms with Gasteiger partial charge in [0.25, 0.3) is 0 Å². The maximum atomic E-state index is 2.71. The van der Waals surface area contributed by atoms with Gasteiger partial charge in [-0.25, -0.2) is 0 Å². The zero-order valence-electron chi connectivity index (χ0n) is 52.1. The van der Waals surface area contributed by atoms with Crippen molar-refractivity contribution >= 4 is 113 Å². The standard InChI is InChI=1S/C90H58B2N2/c1-55-47-73-69-51-67(83-63(57-27-9-3-10-28-57)39-25-40-64(83)58-29-11-4-12-30-58)71-54-78-86-70(74-48-56(2)50-82-90(74)92(78)76-44-22-24-46-80(76)94(82)62-37-19-8-20-38-62)52-68(84-65(59-31-13-5-14-32-59)41-26-42-66(84)60-33-15-6-16-34-60)72-53-77(85(69)87(71)88(72)86)91-75-43-21-23-45-79(75)93(81(49-55)89(73)91)61-35-17-7-18-36-61/h3-54H,1-2H3. The Morgan fingerprint density at radius 2 is 0.543 bits per heavy atom. The molecule has 2 nitrogen and oxygen atoms in total. The molecule has 4 heteroatoms. The minimum Gasteiger partial charge on any atom is -0.311 e. The molecule has 434 valence electrons. The van der Waals surface area contributed by atoms with Crippen LogP contribution in [0, 0.1) is 13.8 Å². The average Bonchev–Trinajstić information content (AvgIpc) is 0.661. The van der Waals surface area contributed by atoms with Gasteiger partial charge in [0.2, 0.25) is 13.4 Å². The highest BCUT2D eigenvalue weighted by Gasteiger charge is 2.46. The first-order valence-corrected chi connectivity index (χ1v) is 33.0. The van der Waals surface area contributed by atoms with Crippen LogP contribution in [-0.2, 0) is 0 Å². The van der Waals surface area contributed by atoms with Gasteiger partial charge in [-0.2, -0.15) is 0 Å². The third kappa shape index (κ3) is 7.57. The highest BCUT2D eigenvalue weighted by molar-refractivity contribution is 7.02. The Bertz CT molecular complexity index is 5340. The lowest BCUT2D eigenvalue weighted by Gasteiger charge is -2.42. The summed E-state index contributed by atoms with van der Waals surface area (Å²) in [7, 11) is 0. The molecule has 0 aliphatic carbocycles. The molecule has 4 heterocycles. The van der Waals surface area contributed by atoms with Gasteiger partial charge >= 0.3 is 0 Å². The van der Waals surface area contributed by atoms with E-state index in [4.69, 9.17) is 0 Å². The molecule has 4 aliphatic heterocycles. The predicted molar refractivity (Wildman–Crippen MR) is 402 cm³/mol. The van der Waals surface area contributed by atoms with E-state index in [1.54, 1.807) is 0 Å². The molecule has 0 spiro atoms. The Balaban J connectivity index is 1.05. The van der Waals surface area contributed by atoms with E-state index >= 15 is 0 Å². The molecule has 0 unspecified atom stereocenters. The van der Waals surface area contributed by atoms with Crippen LogP contribution in [0.4, 0.5) is 34.1 Å². The molecule has 0 bridgehead atoms. The fourth-order valence-electron chi connectivity index (χ4n) is 17.5. The SMILES string of the molecule is Cc1cc2c3c(c1)N(c1ccccc1)c1ccccc1B3c1cc3c(-c4c(-c5ccccc5)cccc4-c4ccccc4)cc4c5c(cc6c(-c7c(-c8ccccc8)cccc7-c7ccccc7)cc-2c1c6c35)B1c2ccccc2N(c2ccccc2)c2cc(C)cc-4c21. The molecule has 16 aromatic carbocycles. The van der Waals surface area contributed by atoms with Gasteiger partial charge in [-0.05, 0) is 229 Å². The van der Waals surface area contributed by atoms with Gasteiger partial charge in [0.05, 0.1) is 0 Å². The molecule has 0 amide bonds. The van der Waals surface area contributed by atoms with E-state index in [1.165, 1.54) is 188 Å². The first-order chi connectivity index (χ1) is 46.5. The molecule has 0 N–H and O–H groups in total. The van der Waals surface area contributed by atoms with E-state index in [1.807, 2.05) is 0 Å². The van der Waals surface area contributed by atoms with Crippen LogP contribution in [0.25, 0.3) is 121 Å². The highest BCUT2D eigenvalue weighted by Crippen LogP contribution is 2.56. The molecular formula is C90H58B2N2. The number of rotatable bonds is 8. The van der Waals surface area contributed by atoms with Crippen LogP contribution in [0.3, 0.4) is 0 Å². The van der Waals surface area contributed by atoms with Gasteiger partial charge in [0.1, 0.15) is 0 Å². The zero-order chi connectivity index (χ0) is 61.9. The maximum absolute atomic E-state index is 2.71. The van der Waals surface area contributed by atoms with E-state index in [9.17, 15) is 0 Å². The first kappa shape index (κ1) is 53.0. The fourth-order valence-corrected chi connectivity index (χ4v) is 17.5. The molecule has 0 saturated carbocycles. The van der Waals surface area contributed by atoms with Crippen LogP contribution >= 0.6 is 0 Å². The quantitative estimate of drug-likeness (QED) is 0.111. The van der Waals surface area contributed by atoms with Crippen LogP contribution in [0.2, 0.25) is 0 Å². The van der Waals surface area contributed by atoms with E-state index in [0.29, 0.717) is 0 Å². The molecule has 0 fully saturated rings. The molecule has 20 rings (SSSR count). The lowest BCUT2D eigenvalue weighted by atomic mass is 9.31. The summed E-state index contributed by atoms with van der Waals surface area (Å²) in [5, 5.41) is 7.86. The second kappa shape index (κ2) is 20.4. The highest BCUT2D eigenvalue weighted by atomic mass is 15.2. The Hall–Kier alpha value is -11.7. The minimum atomic E-state index is -0.0961. The second-order valence-electron chi connectivity index (χ2n) is 26.2. The molecular weight excluding hydrogens is 1130 g/mol. The summed E-state index contributed by atoms with van der Waals surface area (Å²) in [4.78, 5) is 5.09. The summed E-state index contributed by atoms with van der Waals surface area (Å²) in [6, 6.07) is 120. The van der Waals surface area contributed by atoms with Crippen LogP contribution in [0.15, 0.2) is 315 Å². The summed E-state index contributed by atoms with van der Waals surface area (Å²) in [6.45, 7) is 4.42. The summed E-state index contributed by atoms with van der Waals surface area (Å²) >= 11 is 0. The first-order valence-electron chi connectivity index (χ1n) is 33.0. The van der Waals surface area contributed by atoms with Gasteiger partial charge in [-0.15, -0.1) is 0 Å². The number of nitrogens with zero attached hydrogens (tertiary/aromatic N) is 2. The fraction of sp³-hybridized carbons (Fsp3) is 0.0222. The Labute approximate surface area is 548 Å². The number of benzene rings is 16. The molecule has 16 aromatic rings. The second-order valence-corrected chi connectivity index (χ2v) is 26.2. The topological polar surface area (TPSA) is 6.48 Å². The smallest absolute Gasteiger partial charge is 0.248 e. The van der Waals surface area contributed by atoms with Crippen LogP contribution in [-0.4, -0.2) is 13.4 Å². The van der Waals surface area contributed by atoms with Crippen molar-refractivity contribution in [2.75, 3.05) is 9.80 Å². The Morgan fingerprint density at radius 1 is 0.223 bits per heavy atom. The molecule has 0 aromatic heterocycles. The van der Waals surface area contributed by atoms with Gasteiger partial charge < -0.3 is 9.80 Å². The van der Waals surface area contributed by atoms with E-state index < -0.39 is 0 Å². The largest absolute Gasteiger partial charge is 0.311 e. The van der Waals surface area contributed by atoms with Crippen molar-refractivity contribution < 1.29 is 0 Å². The van der Waals surface area contributed by atoms with E-state index in [2.05, 4.69) is 339 Å². The van der Waals surface area contributed by atoms with E-state index in [0.717, 1.165) is 11.4 Å². The molecule has 94 heavy (non-hydrogen) atoms. The van der Waals surface area contributed by atoms with Crippen molar-refractivity contribution in [2.24, 2.45) is 0 Å². The van der Waals surface area contributed by atoms with Gasteiger partial charge in [-0.3, -0.25) is 0 Å². The van der Waals surface area contributed by atoms with Crippen LogP contribution < -0.4 is 42.6 Å². The number of aryl methyl sites for hydroxylation is 2. The molecule has 0 saturated heterocycles. The minimum absolute atomic E-state index is 0.0961. The Kier molecular flexibility index (Phi) is 11.5. The number of hydrogen-bond acceptors (Lipinski definition) is 2. The number of anilines is 6. The molecule has 0 radical (unpaired) electrons. The van der Waals surface area contributed by atoms with Crippen LogP contribution in [0.1, 0.15) is 11.1 Å². The summed E-state index contributed by atoms with van der Waals surface area (Å²) in [5.74, 6) is 0. The van der Waals surface area contributed by atoms with Gasteiger partial charge in [0.15, 0.2) is 0 Å². The zero-order valence-corrected chi connectivity index (χ0v) is 52.1. The number of fused-ring (bicyclic) bond motifs is 8. The van der Waals surface area contributed by atoms with Crippen molar-refractivity contribution in [2.45, 2.75) is 13.8 Å². The number of hydrogen-bond donors (Lipinski definition) is 0. The van der Waals surface area contributed by atoms with Crippen molar-refractivity contribution in [3.8, 4) is 89.0 Å². The lowest BCUT2D eigenvalue weighted by Crippen LogP contribution is -2.60. The Morgan fingerprint density at radius 3 is 0.894 bits per heavy atom. The molecule has 0 atom stereocenters. The average molecular weight is 1190 g/mol. The molecule has 4 aliphatic rings.